The first-order valence-corrected chi connectivity index (χ1v) is 7.90. The van der Waals surface area contributed by atoms with Crippen LogP contribution in [-0.4, -0.2) is 13.2 Å². The maximum absolute atomic E-state index is 6.35. The average molecular weight is 345 g/mol. The molecular weight excluding hydrogens is 326 g/mol. The summed E-state index contributed by atoms with van der Waals surface area (Å²) in [6, 6.07) is 5.99. The van der Waals surface area contributed by atoms with Crippen LogP contribution in [0.4, 0.5) is 0 Å². The number of allylic oxidation sites excluding steroid dienone is 1. The van der Waals surface area contributed by atoms with Crippen molar-refractivity contribution in [2.24, 2.45) is 0 Å². The van der Waals surface area contributed by atoms with Crippen molar-refractivity contribution in [3.05, 3.63) is 45.1 Å². The molecule has 1 aromatic carbocycles. The van der Waals surface area contributed by atoms with Crippen molar-refractivity contribution in [1.29, 1.82) is 0 Å². The Hall–Kier alpha value is -0.510. The summed E-state index contributed by atoms with van der Waals surface area (Å²) in [6.07, 6.45) is 5.42. The minimum atomic E-state index is 0.0465. The van der Waals surface area contributed by atoms with Crippen LogP contribution in [0.3, 0.4) is 0 Å². The summed E-state index contributed by atoms with van der Waals surface area (Å²) in [4.78, 5) is 0. The highest BCUT2D eigenvalue weighted by Gasteiger charge is 2.21. The lowest BCUT2D eigenvalue weighted by atomic mass is 10.0. The lowest BCUT2D eigenvalue weighted by Gasteiger charge is -2.26. The van der Waals surface area contributed by atoms with Gasteiger partial charge in [-0.1, -0.05) is 34.5 Å². The van der Waals surface area contributed by atoms with Crippen molar-refractivity contribution in [1.82, 2.24) is 5.32 Å². The van der Waals surface area contributed by atoms with Crippen molar-refractivity contribution < 1.29 is 4.74 Å². The number of hydrogen-bond acceptors (Lipinski definition) is 2. The maximum atomic E-state index is 6.35. The van der Waals surface area contributed by atoms with Crippen molar-refractivity contribution in [3.8, 4) is 0 Å². The molecule has 0 radical (unpaired) electrons. The fourth-order valence-corrected chi connectivity index (χ4v) is 2.77. The summed E-state index contributed by atoms with van der Waals surface area (Å²) in [5.74, 6) is 1.000. The van der Waals surface area contributed by atoms with Crippen molar-refractivity contribution in [2.75, 3.05) is 13.2 Å². The second kappa shape index (κ2) is 7.32. The number of benzene rings is 1. The van der Waals surface area contributed by atoms with Gasteiger partial charge in [-0.3, -0.25) is 0 Å². The first-order valence-electron chi connectivity index (χ1n) is 6.73. The summed E-state index contributed by atoms with van der Waals surface area (Å²) < 4.78 is 6.84. The van der Waals surface area contributed by atoms with Gasteiger partial charge in [0.25, 0.3) is 0 Å². The predicted octanol–water partition coefficient (Wildman–Crippen LogP) is 4.84. The van der Waals surface area contributed by atoms with E-state index in [1.54, 1.807) is 0 Å². The van der Waals surface area contributed by atoms with Crippen molar-refractivity contribution in [3.63, 3.8) is 0 Å². The minimum absolute atomic E-state index is 0.0465. The third-order valence-corrected chi connectivity index (χ3v) is 3.95. The van der Waals surface area contributed by atoms with Gasteiger partial charge in [-0.2, -0.15) is 0 Å². The second-order valence-electron chi connectivity index (χ2n) is 4.65. The molecule has 0 aromatic heterocycles. The Morgan fingerprint density at radius 1 is 1.47 bits per heavy atom. The zero-order chi connectivity index (χ0) is 13.7. The number of halogens is 2. The smallest absolute Gasteiger partial charge is 0.113 e. The Labute approximate surface area is 128 Å². The van der Waals surface area contributed by atoms with Crippen molar-refractivity contribution in [2.45, 2.75) is 32.2 Å². The van der Waals surface area contributed by atoms with E-state index in [1.165, 1.54) is 0 Å². The van der Waals surface area contributed by atoms with E-state index in [4.69, 9.17) is 16.3 Å². The van der Waals surface area contributed by atoms with E-state index < -0.39 is 0 Å². The largest absolute Gasteiger partial charge is 0.496 e. The Morgan fingerprint density at radius 3 is 3.00 bits per heavy atom. The van der Waals surface area contributed by atoms with Crippen LogP contribution in [-0.2, 0) is 4.74 Å². The van der Waals surface area contributed by atoms with Gasteiger partial charge in [-0.05, 0) is 55.6 Å². The lowest BCUT2D eigenvalue weighted by molar-refractivity contribution is 0.167. The Kier molecular flexibility index (Phi) is 5.74. The Balaban J connectivity index is 2.30. The van der Waals surface area contributed by atoms with E-state index in [-0.39, 0.29) is 6.04 Å². The highest BCUT2D eigenvalue weighted by Crippen LogP contribution is 2.32. The topological polar surface area (TPSA) is 21.3 Å². The molecule has 1 aromatic rings. The van der Waals surface area contributed by atoms with Gasteiger partial charge in [0, 0.05) is 9.50 Å². The first-order chi connectivity index (χ1) is 9.22. The van der Waals surface area contributed by atoms with Gasteiger partial charge in [0.1, 0.15) is 5.76 Å². The highest BCUT2D eigenvalue weighted by molar-refractivity contribution is 9.10. The third-order valence-electron chi connectivity index (χ3n) is 3.11. The van der Waals surface area contributed by atoms with Crippen LogP contribution >= 0.6 is 27.5 Å². The molecular formula is C15H19BrClNO. The molecule has 4 heteroatoms. The zero-order valence-corrected chi connectivity index (χ0v) is 13.4. The number of hydrogen-bond donors (Lipinski definition) is 1. The molecule has 104 valence electrons. The van der Waals surface area contributed by atoms with Crippen LogP contribution in [0.1, 0.15) is 37.8 Å². The maximum Gasteiger partial charge on any atom is 0.113 e. The molecule has 19 heavy (non-hydrogen) atoms. The van der Waals surface area contributed by atoms with E-state index in [1.807, 2.05) is 12.1 Å². The van der Waals surface area contributed by atoms with E-state index in [2.05, 4.69) is 40.3 Å². The number of rotatable bonds is 5. The molecule has 0 saturated heterocycles. The monoisotopic (exact) mass is 343 g/mol. The average Bonchev–Trinajstić information content (AvgIpc) is 2.44. The molecule has 2 nitrogen and oxygen atoms in total. The van der Waals surface area contributed by atoms with E-state index in [9.17, 15) is 0 Å². The molecule has 0 aliphatic carbocycles. The van der Waals surface area contributed by atoms with Gasteiger partial charge in [0.05, 0.1) is 12.6 Å². The van der Waals surface area contributed by atoms with Crippen molar-refractivity contribution >= 4 is 27.5 Å². The van der Waals surface area contributed by atoms with Gasteiger partial charge < -0.3 is 10.1 Å². The predicted molar refractivity (Wildman–Crippen MR) is 83.5 cm³/mol. The normalized spacial score (nSPS) is 16.7. The molecule has 0 fully saturated rings. The molecule has 0 spiro atoms. The molecule has 1 unspecified atom stereocenters. The quantitative estimate of drug-likeness (QED) is 0.825. The van der Waals surface area contributed by atoms with Crippen LogP contribution in [0.25, 0.3) is 0 Å². The number of ether oxygens (including phenoxy) is 1. The van der Waals surface area contributed by atoms with Gasteiger partial charge in [-0.15, -0.1) is 0 Å². The molecule has 1 aliphatic heterocycles. The van der Waals surface area contributed by atoms with Gasteiger partial charge in [0.2, 0.25) is 0 Å². The summed E-state index contributed by atoms with van der Waals surface area (Å²) in [5.41, 5.74) is 1.07. The molecule has 0 saturated carbocycles. The molecule has 0 amide bonds. The Morgan fingerprint density at radius 2 is 2.32 bits per heavy atom. The molecule has 1 heterocycles. The molecule has 0 bridgehead atoms. The summed E-state index contributed by atoms with van der Waals surface area (Å²) in [5, 5.41) is 4.30. The standard InChI is InChI=1S/C15H19BrClNO/c1-2-8-18-15(14-5-3-4-9-19-14)12-10-11(16)6-7-13(12)17/h5-7,10,15,18H,2-4,8-9H2,1H3. The van der Waals surface area contributed by atoms with Crippen LogP contribution in [0.5, 0.6) is 0 Å². The van der Waals surface area contributed by atoms with Crippen LogP contribution in [0.15, 0.2) is 34.5 Å². The third kappa shape index (κ3) is 3.98. The fourth-order valence-electron chi connectivity index (χ4n) is 2.17. The van der Waals surface area contributed by atoms with Crippen LogP contribution < -0.4 is 5.32 Å². The number of nitrogens with one attached hydrogen (secondary N) is 1. The first kappa shape index (κ1) is 14.9. The molecule has 2 rings (SSSR count). The highest BCUT2D eigenvalue weighted by atomic mass is 79.9. The van der Waals surface area contributed by atoms with Gasteiger partial charge in [0.15, 0.2) is 0 Å². The van der Waals surface area contributed by atoms with E-state index in [0.717, 1.165) is 53.2 Å². The summed E-state index contributed by atoms with van der Waals surface area (Å²) in [7, 11) is 0. The SMILES string of the molecule is CCCNC(C1=CCCCO1)c1cc(Br)ccc1Cl. The molecule has 1 aliphatic rings. The van der Waals surface area contributed by atoms with Gasteiger partial charge >= 0.3 is 0 Å². The minimum Gasteiger partial charge on any atom is -0.496 e. The summed E-state index contributed by atoms with van der Waals surface area (Å²) >= 11 is 9.86. The van der Waals surface area contributed by atoms with E-state index in [0.29, 0.717) is 0 Å². The zero-order valence-electron chi connectivity index (χ0n) is 11.1. The second-order valence-corrected chi connectivity index (χ2v) is 5.97. The van der Waals surface area contributed by atoms with E-state index >= 15 is 0 Å². The summed E-state index contributed by atoms with van der Waals surface area (Å²) in [6.45, 7) is 3.89. The fraction of sp³-hybridized carbons (Fsp3) is 0.467. The molecule has 1 N–H and O–H groups in total. The molecule has 1 atom stereocenters. The lowest BCUT2D eigenvalue weighted by Crippen LogP contribution is -2.26. The van der Waals surface area contributed by atoms with Crippen LogP contribution in [0, 0.1) is 0 Å². The van der Waals surface area contributed by atoms with Gasteiger partial charge in [-0.25, -0.2) is 0 Å². The Bertz CT molecular complexity index is 461. The van der Waals surface area contributed by atoms with Crippen LogP contribution in [0.2, 0.25) is 5.02 Å².